The molecule has 2 rings (SSSR count). The molecule has 1 aromatic carbocycles. The highest BCUT2D eigenvalue weighted by Gasteiger charge is 2.32. The average molecular weight is 434 g/mol. The predicted octanol–water partition coefficient (Wildman–Crippen LogP) is 4.28. The summed E-state index contributed by atoms with van der Waals surface area (Å²) in [6.07, 6.45) is 9.86. The van der Waals surface area contributed by atoms with Crippen molar-refractivity contribution in [3.8, 4) is 0 Å². The zero-order chi connectivity index (χ0) is 18.8. The van der Waals surface area contributed by atoms with Gasteiger partial charge >= 0.3 is 0 Å². The first-order valence-electron chi connectivity index (χ1n) is 10.0. The summed E-state index contributed by atoms with van der Waals surface area (Å²) in [6.45, 7) is 3.40. The molecule has 0 radical (unpaired) electrons. The summed E-state index contributed by atoms with van der Waals surface area (Å²) >= 11 is 0. The van der Waals surface area contributed by atoms with Crippen molar-refractivity contribution >= 4 is 30.8 Å². The van der Waals surface area contributed by atoms with Gasteiger partial charge in [-0.1, -0.05) is 63.3 Å². The Hall–Kier alpha value is -1.01. The minimum atomic E-state index is -0.0998. The lowest BCUT2D eigenvalue weighted by molar-refractivity contribution is 0.0491. The molecule has 0 aromatic heterocycles. The van der Waals surface area contributed by atoms with Gasteiger partial charge in [-0.2, -0.15) is 0 Å². The molecule has 0 spiro atoms. The van der Waals surface area contributed by atoms with E-state index in [0.717, 1.165) is 6.42 Å². The van der Waals surface area contributed by atoms with Crippen LogP contribution in [0.3, 0.4) is 0 Å². The summed E-state index contributed by atoms with van der Waals surface area (Å²) in [6, 6.07) is 8.61. The molecular formula is C21H37Cl2N3O2. The third-order valence-electron chi connectivity index (χ3n) is 5.22. The molecule has 0 unspecified atom stereocenters. The van der Waals surface area contributed by atoms with Gasteiger partial charge in [0.2, 0.25) is 0 Å². The molecule has 1 heterocycles. The maximum absolute atomic E-state index is 9.40. The number of aliphatic hydroxyl groups excluding tert-OH is 1. The normalized spacial score (nSPS) is 18.4. The van der Waals surface area contributed by atoms with Gasteiger partial charge in [-0.3, -0.25) is 5.41 Å². The van der Waals surface area contributed by atoms with Crippen molar-refractivity contribution in [3.63, 3.8) is 0 Å². The molecule has 0 aliphatic carbocycles. The number of rotatable bonds is 11. The minimum Gasteiger partial charge on any atom is -0.394 e. The van der Waals surface area contributed by atoms with E-state index in [-0.39, 0.29) is 49.5 Å². The molecule has 4 N–H and O–H groups in total. The molecular weight excluding hydrogens is 397 g/mol. The number of likely N-dealkylation sites (tertiary alicyclic amines) is 1. The number of ether oxygens (including phenoxy) is 1. The number of aryl methyl sites for hydroxylation is 1. The smallest absolute Gasteiger partial charge is 0.188 e. The van der Waals surface area contributed by atoms with Crippen molar-refractivity contribution in [1.29, 1.82) is 5.41 Å². The van der Waals surface area contributed by atoms with Crippen molar-refractivity contribution in [2.75, 3.05) is 13.2 Å². The van der Waals surface area contributed by atoms with Gasteiger partial charge in [0.1, 0.15) is 0 Å². The SMILES string of the molecule is CCCCCCCCc1ccc(CO[C@@H]2C[C@@H](CO)N(C(=N)N)C2)cc1.Cl.Cl. The molecule has 0 amide bonds. The number of halogens is 2. The lowest BCUT2D eigenvalue weighted by atomic mass is 10.0. The standard InChI is InChI=1S/C21H35N3O2.2ClH/c1-2-3-4-5-6-7-8-17-9-11-18(12-10-17)16-26-20-13-19(15-25)24(14-20)21(22)23;;/h9-12,19-20,25H,2-8,13-16H2,1H3,(H3,22,23);2*1H/t19-,20+;;/m0../s1. The number of nitrogens with one attached hydrogen (secondary N) is 1. The van der Waals surface area contributed by atoms with E-state index in [1.54, 1.807) is 4.90 Å². The molecule has 1 aromatic rings. The highest BCUT2D eigenvalue weighted by atomic mass is 35.5. The number of nitrogens with zero attached hydrogens (tertiary/aromatic N) is 1. The van der Waals surface area contributed by atoms with Crippen LogP contribution in [0, 0.1) is 5.41 Å². The van der Waals surface area contributed by atoms with Crippen LogP contribution < -0.4 is 5.73 Å². The Morgan fingerprint density at radius 2 is 1.71 bits per heavy atom. The van der Waals surface area contributed by atoms with E-state index < -0.39 is 0 Å². The molecule has 7 heteroatoms. The molecule has 1 aliphatic rings. The zero-order valence-electron chi connectivity index (χ0n) is 16.9. The predicted molar refractivity (Wildman–Crippen MR) is 121 cm³/mol. The van der Waals surface area contributed by atoms with Crippen molar-refractivity contribution in [1.82, 2.24) is 4.90 Å². The van der Waals surface area contributed by atoms with Crippen molar-refractivity contribution in [2.24, 2.45) is 5.73 Å². The second kappa shape index (κ2) is 14.9. The number of hydrogen-bond donors (Lipinski definition) is 3. The Morgan fingerprint density at radius 1 is 1.11 bits per heavy atom. The van der Waals surface area contributed by atoms with E-state index in [1.807, 2.05) is 0 Å². The maximum atomic E-state index is 9.40. The second-order valence-corrected chi connectivity index (χ2v) is 7.38. The number of aliphatic hydroxyl groups is 1. The third-order valence-corrected chi connectivity index (χ3v) is 5.22. The van der Waals surface area contributed by atoms with Crippen LogP contribution in [0.1, 0.15) is 63.0 Å². The molecule has 1 saturated heterocycles. The quantitative estimate of drug-likeness (QED) is 0.276. The van der Waals surface area contributed by atoms with Crippen LogP contribution >= 0.6 is 24.8 Å². The van der Waals surface area contributed by atoms with Gasteiger partial charge in [0.05, 0.1) is 25.4 Å². The van der Waals surface area contributed by atoms with Crippen LogP contribution in [0.25, 0.3) is 0 Å². The van der Waals surface area contributed by atoms with E-state index in [1.165, 1.54) is 49.7 Å². The number of guanidine groups is 1. The van der Waals surface area contributed by atoms with Crippen LogP contribution in [-0.2, 0) is 17.8 Å². The van der Waals surface area contributed by atoms with E-state index in [9.17, 15) is 5.11 Å². The number of benzene rings is 1. The third kappa shape index (κ3) is 8.99. The highest BCUT2D eigenvalue weighted by molar-refractivity contribution is 5.85. The van der Waals surface area contributed by atoms with E-state index in [4.69, 9.17) is 15.9 Å². The van der Waals surface area contributed by atoms with Crippen molar-refractivity contribution in [3.05, 3.63) is 35.4 Å². The van der Waals surface area contributed by atoms with Gasteiger partial charge in [0, 0.05) is 6.54 Å². The fourth-order valence-electron chi connectivity index (χ4n) is 3.59. The van der Waals surface area contributed by atoms with Crippen LogP contribution in [-0.4, -0.2) is 41.3 Å². The molecule has 0 saturated carbocycles. The summed E-state index contributed by atoms with van der Waals surface area (Å²) in [5.41, 5.74) is 8.13. The summed E-state index contributed by atoms with van der Waals surface area (Å²) in [5, 5.41) is 17.0. The van der Waals surface area contributed by atoms with Crippen molar-refractivity contribution < 1.29 is 9.84 Å². The Morgan fingerprint density at radius 3 is 2.29 bits per heavy atom. The summed E-state index contributed by atoms with van der Waals surface area (Å²) < 4.78 is 5.97. The first-order valence-corrected chi connectivity index (χ1v) is 10.0. The molecule has 1 fully saturated rings. The van der Waals surface area contributed by atoms with Gasteiger partial charge in [0.25, 0.3) is 0 Å². The fourth-order valence-corrected chi connectivity index (χ4v) is 3.59. The van der Waals surface area contributed by atoms with Crippen LogP contribution in [0.5, 0.6) is 0 Å². The average Bonchev–Trinajstić information content (AvgIpc) is 3.07. The Bertz CT molecular complexity index is 543. The Labute approximate surface area is 182 Å². The van der Waals surface area contributed by atoms with Gasteiger partial charge in [-0.05, 0) is 30.4 Å². The number of unbranched alkanes of at least 4 members (excludes halogenated alkanes) is 5. The summed E-state index contributed by atoms with van der Waals surface area (Å²) in [4.78, 5) is 1.72. The maximum Gasteiger partial charge on any atom is 0.188 e. The molecule has 2 atom stereocenters. The minimum absolute atomic E-state index is 0. The largest absolute Gasteiger partial charge is 0.394 e. The second-order valence-electron chi connectivity index (χ2n) is 7.38. The van der Waals surface area contributed by atoms with Crippen LogP contribution in [0.4, 0.5) is 0 Å². The van der Waals surface area contributed by atoms with Gasteiger partial charge in [0.15, 0.2) is 5.96 Å². The summed E-state index contributed by atoms with van der Waals surface area (Å²) in [7, 11) is 0. The van der Waals surface area contributed by atoms with Gasteiger partial charge in [-0.15, -0.1) is 24.8 Å². The first-order chi connectivity index (χ1) is 12.6. The molecule has 28 heavy (non-hydrogen) atoms. The molecule has 1 aliphatic heterocycles. The Kier molecular flexibility index (Phi) is 14.4. The molecule has 5 nitrogen and oxygen atoms in total. The van der Waals surface area contributed by atoms with Crippen LogP contribution in [0.15, 0.2) is 24.3 Å². The molecule has 162 valence electrons. The summed E-state index contributed by atoms with van der Waals surface area (Å²) in [5.74, 6) is 0.00852. The van der Waals surface area contributed by atoms with Gasteiger partial charge in [-0.25, -0.2) is 0 Å². The monoisotopic (exact) mass is 433 g/mol. The van der Waals surface area contributed by atoms with Gasteiger partial charge < -0.3 is 20.5 Å². The number of nitrogens with two attached hydrogens (primary N) is 1. The van der Waals surface area contributed by atoms with Crippen LogP contribution in [0.2, 0.25) is 0 Å². The highest BCUT2D eigenvalue weighted by Crippen LogP contribution is 2.21. The Balaban J connectivity index is 0.00000364. The topological polar surface area (TPSA) is 82.6 Å². The van der Waals surface area contributed by atoms with E-state index >= 15 is 0 Å². The zero-order valence-corrected chi connectivity index (χ0v) is 18.6. The lowest BCUT2D eigenvalue weighted by Crippen LogP contribution is -2.42. The van der Waals surface area contributed by atoms with Crippen molar-refractivity contribution in [2.45, 2.75) is 77.0 Å². The first kappa shape index (κ1) is 27.0. The number of hydrogen-bond acceptors (Lipinski definition) is 3. The molecule has 0 bridgehead atoms. The van der Waals surface area contributed by atoms with E-state index in [2.05, 4.69) is 31.2 Å². The van der Waals surface area contributed by atoms with E-state index in [0.29, 0.717) is 19.6 Å². The lowest BCUT2D eigenvalue weighted by Gasteiger charge is -2.22. The fraction of sp³-hybridized carbons (Fsp3) is 0.667.